The molecule has 0 spiro atoms. The van der Waals surface area contributed by atoms with Crippen LogP contribution >= 0.6 is 166 Å². The number of hydrogen-bond donors (Lipinski definition) is 2. The van der Waals surface area contributed by atoms with Gasteiger partial charge in [-0.05, 0) is 94.9 Å². The minimum absolute atomic E-state index is 0. The molecular weight excluding hydrogens is 1200 g/mol. The number of fused-ring (bicyclic) bond motifs is 4. The van der Waals surface area contributed by atoms with Gasteiger partial charge in [0.2, 0.25) is 0 Å². The molecule has 8 aromatic heterocycles. The predicted octanol–water partition coefficient (Wildman–Crippen LogP) is 16.3. The molecule has 0 aromatic carbocycles. The summed E-state index contributed by atoms with van der Waals surface area (Å²) in [5.41, 5.74) is 3.56. The number of aromatic carboxylic acids is 1. The first-order valence-corrected chi connectivity index (χ1v) is 27.3. The summed E-state index contributed by atoms with van der Waals surface area (Å²) in [6, 6.07) is 13.0. The van der Waals surface area contributed by atoms with Crippen molar-refractivity contribution in [3.63, 3.8) is 0 Å². The largest absolute Gasteiger partial charge is 0.478 e. The third-order valence-electron chi connectivity index (χ3n) is 5.69. The number of pyridine rings is 4. The molecule has 0 fully saturated rings. The van der Waals surface area contributed by atoms with Gasteiger partial charge in [-0.1, -0.05) is 38.1 Å². The Kier molecular flexibility index (Phi) is 20.3. The van der Waals surface area contributed by atoms with Crippen LogP contribution in [0, 0.1) is 0 Å². The Morgan fingerprint density at radius 2 is 1.29 bits per heavy atom. The van der Waals surface area contributed by atoms with Crippen molar-refractivity contribution in [1.29, 1.82) is 0 Å². The van der Waals surface area contributed by atoms with E-state index in [9.17, 15) is 14.2 Å². The quantitative estimate of drug-likeness (QED) is 0.157. The summed E-state index contributed by atoms with van der Waals surface area (Å²) in [6.45, 7) is 0. The van der Waals surface area contributed by atoms with E-state index < -0.39 is 9.22 Å². The van der Waals surface area contributed by atoms with Crippen molar-refractivity contribution in [2.45, 2.75) is 14.9 Å². The number of carboxylic acid groups (broad SMARTS) is 1. The maximum atomic E-state index is 11.0. The van der Waals surface area contributed by atoms with Gasteiger partial charge in [0.05, 0.1) is 45.2 Å². The number of nitrogens with one attached hydrogen (secondary N) is 1. The summed E-state index contributed by atoms with van der Waals surface area (Å²) < 4.78 is 15.7. The molecule has 0 aliphatic rings. The van der Waals surface area contributed by atoms with E-state index in [-0.39, 0.29) is 30.2 Å². The number of hydrogen-bond acceptors (Lipinski definition) is 10. The molecule has 0 aliphatic heterocycles. The van der Waals surface area contributed by atoms with Crippen LogP contribution in [0.4, 0.5) is 0 Å². The molecule has 0 aliphatic carbocycles. The van der Waals surface area contributed by atoms with Crippen LogP contribution in [0.5, 0.6) is 0 Å². The number of H-pyrrole nitrogens is 1. The maximum absolute atomic E-state index is 11.0. The Hall–Kier alpha value is -0.600. The van der Waals surface area contributed by atoms with Gasteiger partial charge < -0.3 is 10.1 Å². The fraction of sp³-hybridized carbons (Fsp3) is 0.0645. The average Bonchev–Trinajstić information content (AvgIpc) is 3.84. The topological polar surface area (TPSA) is 126 Å². The monoisotopic (exact) mass is 1220 g/mol. The van der Waals surface area contributed by atoms with Gasteiger partial charge in [0.1, 0.15) is 9.90 Å². The highest BCUT2D eigenvalue weighted by molar-refractivity contribution is 9.94. The molecule has 2 N–H and O–H groups in total. The van der Waals surface area contributed by atoms with Crippen molar-refractivity contribution in [1.82, 2.24) is 19.9 Å². The number of aromatic nitrogens is 4. The number of nitrogens with zero attached hydrogens (tertiary/aromatic N) is 3. The first-order chi connectivity index (χ1) is 23.6. The van der Waals surface area contributed by atoms with Crippen molar-refractivity contribution in [3.8, 4) is 0 Å². The van der Waals surface area contributed by atoms with E-state index in [0.717, 1.165) is 48.4 Å². The van der Waals surface area contributed by atoms with Crippen LogP contribution in [0.15, 0.2) is 96.2 Å². The summed E-state index contributed by atoms with van der Waals surface area (Å²) in [4.78, 5) is 37.2. The lowest BCUT2D eigenvalue weighted by Crippen LogP contribution is -1.95. The second kappa shape index (κ2) is 22.2. The summed E-state index contributed by atoms with van der Waals surface area (Å²) in [7, 11) is 0. The van der Waals surface area contributed by atoms with Crippen molar-refractivity contribution in [2.24, 2.45) is 0 Å². The van der Waals surface area contributed by atoms with Gasteiger partial charge in [-0.15, -0.1) is 45.3 Å². The molecule has 0 saturated carbocycles. The number of thiophene rings is 4. The first-order valence-electron chi connectivity index (χ1n) is 13.0. The van der Waals surface area contributed by atoms with Gasteiger partial charge in [0.25, 0.3) is 3.25 Å². The molecule has 0 atom stereocenters. The summed E-state index contributed by atoms with van der Waals surface area (Å²) in [5.74, 6) is -1.05. The van der Waals surface area contributed by atoms with E-state index in [2.05, 4.69) is 114 Å². The fourth-order valence-corrected chi connectivity index (χ4v) is 9.35. The van der Waals surface area contributed by atoms with Crippen molar-refractivity contribution in [2.75, 3.05) is 0 Å². The van der Waals surface area contributed by atoms with E-state index in [1.807, 2.05) is 41.1 Å². The van der Waals surface area contributed by atoms with E-state index in [1.54, 1.807) is 48.3 Å². The van der Waals surface area contributed by atoms with Crippen LogP contribution in [0.25, 0.3) is 40.9 Å². The van der Waals surface area contributed by atoms with Crippen LogP contribution < -0.4 is 5.43 Å². The number of carboxylic acids is 1. The van der Waals surface area contributed by atoms with Gasteiger partial charge in [0, 0.05) is 90.7 Å². The minimum atomic E-state index is -2.20. The van der Waals surface area contributed by atoms with E-state index >= 15 is 0 Å². The van der Waals surface area contributed by atoms with Crippen molar-refractivity contribution >= 4 is 213 Å². The van der Waals surface area contributed by atoms with E-state index in [0.29, 0.717) is 5.52 Å². The lowest BCUT2D eigenvalue weighted by atomic mass is 10.3. The number of carbonyl (C=O) groups is 1. The van der Waals surface area contributed by atoms with Crippen LogP contribution in [0.2, 0.25) is 8.67 Å². The SMILES string of the molecule is Brc1ccnc2ccsc12.C.C.Clc1cc2nccc(Br)c2s1.O=C(O)c1c(Cl)sc2c(Br)ccnc12.O=P(Br)(Br)Br.O=c1cc[nH]c2ccsc12. The van der Waals surface area contributed by atoms with Gasteiger partial charge in [-0.25, -0.2) is 4.79 Å². The third kappa shape index (κ3) is 13.9. The second-order valence-corrected chi connectivity index (χ2v) is 35.0. The highest BCUT2D eigenvalue weighted by Crippen LogP contribution is 2.68. The standard InChI is InChI=1S/C8H3BrClNO2S.C7H3BrClNS.C7H4BrNS.C7H5NOS.2CH4.Br3OP/c9-3-1-2-11-5-4(8(12)13)7(10)14-6(3)5;8-4-1-2-10-5-3-6(9)11-7(4)5;8-5-1-3-9-6-2-4-10-7(5)6;9-6-1-3-8-5-2-4-10-7(5)6;;;1-5(2,3)4/h1-2H,(H,12,13);1-3H;1-4H;1-4H,(H,8,9);2*1H4;. The van der Waals surface area contributed by atoms with Gasteiger partial charge in [-0.2, -0.15) is 0 Å². The van der Waals surface area contributed by atoms with Crippen LogP contribution in [0.1, 0.15) is 25.2 Å². The molecule has 0 amide bonds. The molecular formula is C31H23Br6Cl2N4O4PS4. The fourth-order valence-electron chi connectivity index (χ4n) is 3.74. The summed E-state index contributed by atoms with van der Waals surface area (Å²) in [6.07, 6.45) is 6.77. The lowest BCUT2D eigenvalue weighted by Gasteiger charge is -1.92. The molecule has 21 heteroatoms. The third-order valence-corrected chi connectivity index (χ3v) is 13.0. The maximum Gasteiger partial charge on any atom is 0.340 e. The summed E-state index contributed by atoms with van der Waals surface area (Å²) >= 11 is 36.0. The Morgan fingerprint density at radius 1 is 0.750 bits per heavy atom. The van der Waals surface area contributed by atoms with Crippen LogP contribution in [0.3, 0.4) is 0 Å². The molecule has 52 heavy (non-hydrogen) atoms. The molecule has 8 rings (SSSR count). The molecule has 8 heterocycles. The number of aromatic amines is 1. The normalized spacial score (nSPS) is 10.3. The van der Waals surface area contributed by atoms with Gasteiger partial charge in [0.15, 0.2) is 5.43 Å². The lowest BCUT2D eigenvalue weighted by molar-refractivity contribution is 0.0699. The zero-order chi connectivity index (χ0) is 36.6. The molecule has 8 nitrogen and oxygen atoms in total. The highest BCUT2D eigenvalue weighted by Gasteiger charge is 2.19. The van der Waals surface area contributed by atoms with E-state index in [4.69, 9.17) is 28.3 Å². The smallest absolute Gasteiger partial charge is 0.340 e. The van der Waals surface area contributed by atoms with Crippen molar-refractivity contribution in [3.05, 3.63) is 116 Å². The molecule has 0 radical (unpaired) electrons. The molecule has 0 saturated heterocycles. The first kappa shape index (κ1) is 47.6. The molecule has 276 valence electrons. The molecule has 8 aromatic rings. The van der Waals surface area contributed by atoms with Crippen LogP contribution in [-0.2, 0) is 4.57 Å². The zero-order valence-electron chi connectivity index (χ0n) is 24.1. The molecule has 0 bridgehead atoms. The van der Waals surface area contributed by atoms with Crippen LogP contribution in [-0.4, -0.2) is 31.0 Å². The number of halogens is 8. The van der Waals surface area contributed by atoms with Gasteiger partial charge >= 0.3 is 5.97 Å². The highest BCUT2D eigenvalue weighted by atomic mass is 80.0. The average molecular weight is 1230 g/mol. The van der Waals surface area contributed by atoms with Crippen molar-refractivity contribution < 1.29 is 14.5 Å². The Balaban J connectivity index is 0.000000229. The summed E-state index contributed by atoms with van der Waals surface area (Å²) in [5, 5.41) is 12.9. The van der Waals surface area contributed by atoms with E-state index in [1.165, 1.54) is 38.7 Å². The minimum Gasteiger partial charge on any atom is -0.478 e. The second-order valence-electron chi connectivity index (χ2n) is 8.92. The zero-order valence-corrected chi connectivity index (χ0v) is 39.3. The predicted molar refractivity (Wildman–Crippen MR) is 249 cm³/mol. The Labute approximate surface area is 373 Å². The van der Waals surface area contributed by atoms with Gasteiger partial charge in [-0.3, -0.25) is 24.3 Å². The Bertz CT molecular complexity index is 2510. The number of rotatable bonds is 1. The Morgan fingerprint density at radius 3 is 1.87 bits per heavy atom. The molecule has 0 unspecified atom stereocenters.